The van der Waals surface area contributed by atoms with Gasteiger partial charge in [-0.05, 0) is 78.8 Å². The summed E-state index contributed by atoms with van der Waals surface area (Å²) in [5.74, 6) is -2.49. The van der Waals surface area contributed by atoms with Crippen LogP contribution in [0.25, 0.3) is 10.8 Å². The van der Waals surface area contributed by atoms with Crippen LogP contribution in [0.5, 0.6) is 5.75 Å². The van der Waals surface area contributed by atoms with E-state index < -0.39 is 23.8 Å². The fraction of sp³-hybridized carbons (Fsp3) is 0.219. The van der Waals surface area contributed by atoms with Crippen molar-refractivity contribution in [2.45, 2.75) is 33.1 Å². The lowest BCUT2D eigenvalue weighted by Gasteiger charge is -2.18. The number of ether oxygens (including phenoxy) is 2. The average molecular weight is 618 g/mol. The first-order valence-corrected chi connectivity index (χ1v) is 14.9. The molecule has 0 bridgehead atoms. The third-order valence-corrected chi connectivity index (χ3v) is 8.42. The number of nitrogens with zero attached hydrogens (tertiary/aromatic N) is 1. The van der Waals surface area contributed by atoms with Crippen molar-refractivity contribution in [1.82, 2.24) is 5.43 Å². The van der Waals surface area contributed by atoms with E-state index in [-0.39, 0.29) is 17.4 Å². The van der Waals surface area contributed by atoms with Gasteiger partial charge in [0.1, 0.15) is 10.8 Å². The van der Waals surface area contributed by atoms with Crippen molar-refractivity contribution in [1.29, 1.82) is 0 Å². The maximum atomic E-state index is 12.8. The SMILES string of the molecule is CCOC(=O)c1c(NC(=O)C(=O)N/N=C\c2c(OC(=O)c3ccc(Cl)cc3)ccc3ccccc23)sc2c1CC[C@H](C)C2. The van der Waals surface area contributed by atoms with Gasteiger partial charge in [0.25, 0.3) is 0 Å². The van der Waals surface area contributed by atoms with Gasteiger partial charge in [0.15, 0.2) is 0 Å². The normalized spacial score (nSPS) is 14.3. The number of amides is 2. The van der Waals surface area contributed by atoms with Crippen LogP contribution in [-0.2, 0) is 27.2 Å². The summed E-state index contributed by atoms with van der Waals surface area (Å²) in [6.07, 6.45) is 3.72. The molecule has 1 aliphatic rings. The molecule has 0 saturated heterocycles. The number of anilines is 1. The van der Waals surface area contributed by atoms with E-state index in [0.29, 0.717) is 39.4 Å². The summed E-state index contributed by atoms with van der Waals surface area (Å²) in [4.78, 5) is 52.1. The molecule has 1 aliphatic carbocycles. The van der Waals surface area contributed by atoms with E-state index in [0.717, 1.165) is 28.7 Å². The predicted molar refractivity (Wildman–Crippen MR) is 166 cm³/mol. The maximum Gasteiger partial charge on any atom is 0.343 e. The van der Waals surface area contributed by atoms with Crippen molar-refractivity contribution < 1.29 is 28.7 Å². The standard InChI is InChI=1S/C32H28ClN3O6S/c1-3-41-32(40)27-23-14-8-18(2)16-26(23)43-30(27)35-28(37)29(38)36-34-17-24-22-7-5-4-6-19(22)11-15-25(24)42-31(39)20-9-12-21(33)13-10-20/h4-7,9-13,15,17-18H,3,8,14,16H2,1-2H3,(H,35,37)(H,36,38)/b34-17-/t18-/m0/s1. The summed E-state index contributed by atoms with van der Waals surface area (Å²) in [5.41, 5.74) is 4.13. The van der Waals surface area contributed by atoms with Crippen LogP contribution in [0.2, 0.25) is 5.02 Å². The van der Waals surface area contributed by atoms with E-state index in [1.165, 1.54) is 17.6 Å². The minimum Gasteiger partial charge on any atom is -0.462 e. The fourth-order valence-electron chi connectivity index (χ4n) is 4.87. The first-order chi connectivity index (χ1) is 20.7. The Morgan fingerprint density at radius 2 is 1.79 bits per heavy atom. The third kappa shape index (κ3) is 6.76. The lowest BCUT2D eigenvalue weighted by molar-refractivity contribution is -0.136. The van der Waals surface area contributed by atoms with Crippen molar-refractivity contribution in [3.05, 3.63) is 92.8 Å². The van der Waals surface area contributed by atoms with Crippen LogP contribution < -0.4 is 15.5 Å². The Morgan fingerprint density at radius 1 is 1.02 bits per heavy atom. The number of thiophene rings is 1. The van der Waals surface area contributed by atoms with Crippen molar-refractivity contribution in [2.75, 3.05) is 11.9 Å². The summed E-state index contributed by atoms with van der Waals surface area (Å²) in [6.45, 7) is 4.03. The van der Waals surface area contributed by atoms with Crippen LogP contribution in [-0.4, -0.2) is 36.6 Å². The zero-order chi connectivity index (χ0) is 30.5. The molecule has 2 amide bonds. The number of carbonyl (C=O) groups excluding carboxylic acids is 4. The lowest BCUT2D eigenvalue weighted by atomic mass is 9.88. The molecule has 0 fully saturated rings. The Labute approximate surface area is 256 Å². The number of fused-ring (bicyclic) bond motifs is 2. The summed E-state index contributed by atoms with van der Waals surface area (Å²) < 4.78 is 10.9. The van der Waals surface area contributed by atoms with Crippen LogP contribution in [0.15, 0.2) is 65.8 Å². The summed E-state index contributed by atoms with van der Waals surface area (Å²) in [6, 6.07) is 17.1. The number of esters is 2. The summed E-state index contributed by atoms with van der Waals surface area (Å²) in [7, 11) is 0. The molecule has 2 N–H and O–H groups in total. The first kappa shape index (κ1) is 29.9. The average Bonchev–Trinajstić information content (AvgIpc) is 3.35. The maximum absolute atomic E-state index is 12.8. The second-order valence-corrected chi connectivity index (χ2v) is 11.6. The van der Waals surface area contributed by atoms with Crippen LogP contribution in [0.3, 0.4) is 0 Å². The molecule has 4 aromatic rings. The Balaban J connectivity index is 1.34. The van der Waals surface area contributed by atoms with E-state index in [4.69, 9.17) is 21.1 Å². The second kappa shape index (κ2) is 13.2. The Kier molecular flexibility index (Phi) is 9.18. The zero-order valence-corrected chi connectivity index (χ0v) is 25.0. The number of benzene rings is 3. The molecule has 9 nitrogen and oxygen atoms in total. The van der Waals surface area contributed by atoms with Gasteiger partial charge in [0.05, 0.1) is 23.9 Å². The van der Waals surface area contributed by atoms with Crippen LogP contribution in [0, 0.1) is 5.92 Å². The topological polar surface area (TPSA) is 123 Å². The Morgan fingerprint density at radius 3 is 2.56 bits per heavy atom. The Bertz CT molecular complexity index is 1750. The minimum atomic E-state index is -1.04. The molecule has 0 spiro atoms. The molecule has 0 saturated carbocycles. The molecule has 3 aromatic carbocycles. The lowest BCUT2D eigenvalue weighted by Crippen LogP contribution is -2.32. The van der Waals surface area contributed by atoms with Gasteiger partial charge in [0, 0.05) is 15.5 Å². The second-order valence-electron chi connectivity index (χ2n) is 10.0. The highest BCUT2D eigenvalue weighted by atomic mass is 35.5. The van der Waals surface area contributed by atoms with Gasteiger partial charge in [-0.3, -0.25) is 9.59 Å². The molecule has 1 heterocycles. The quantitative estimate of drug-likeness (QED) is 0.0841. The smallest absolute Gasteiger partial charge is 0.343 e. The number of carbonyl (C=O) groups is 4. The molecule has 11 heteroatoms. The highest BCUT2D eigenvalue weighted by Crippen LogP contribution is 2.40. The van der Waals surface area contributed by atoms with E-state index in [2.05, 4.69) is 22.8 Å². The van der Waals surface area contributed by atoms with Crippen molar-refractivity contribution >= 4 is 68.7 Å². The monoisotopic (exact) mass is 617 g/mol. The number of hydrogen-bond donors (Lipinski definition) is 2. The van der Waals surface area contributed by atoms with Gasteiger partial charge in [0.2, 0.25) is 0 Å². The molecule has 0 radical (unpaired) electrons. The largest absolute Gasteiger partial charge is 0.462 e. The van der Waals surface area contributed by atoms with Crippen molar-refractivity contribution in [2.24, 2.45) is 11.0 Å². The van der Waals surface area contributed by atoms with Crippen LogP contribution >= 0.6 is 22.9 Å². The van der Waals surface area contributed by atoms with Gasteiger partial charge >= 0.3 is 23.8 Å². The number of hydrogen-bond acceptors (Lipinski definition) is 8. The highest BCUT2D eigenvalue weighted by Gasteiger charge is 2.30. The molecule has 0 unspecified atom stereocenters. The zero-order valence-electron chi connectivity index (χ0n) is 23.4. The molecule has 1 aromatic heterocycles. The van der Waals surface area contributed by atoms with Crippen molar-refractivity contribution in [3.63, 3.8) is 0 Å². The van der Waals surface area contributed by atoms with E-state index in [1.54, 1.807) is 43.3 Å². The van der Waals surface area contributed by atoms with Crippen LogP contribution in [0.4, 0.5) is 5.00 Å². The van der Waals surface area contributed by atoms with Crippen molar-refractivity contribution in [3.8, 4) is 5.75 Å². The molecule has 5 rings (SSSR count). The molecule has 220 valence electrons. The third-order valence-electron chi connectivity index (χ3n) is 7.00. The highest BCUT2D eigenvalue weighted by molar-refractivity contribution is 7.17. The molecule has 0 aliphatic heterocycles. The van der Waals surface area contributed by atoms with Gasteiger partial charge in [-0.15, -0.1) is 11.3 Å². The van der Waals surface area contributed by atoms with Gasteiger partial charge in [-0.2, -0.15) is 5.10 Å². The van der Waals surface area contributed by atoms with E-state index >= 15 is 0 Å². The van der Waals surface area contributed by atoms with Gasteiger partial charge < -0.3 is 14.8 Å². The summed E-state index contributed by atoms with van der Waals surface area (Å²) >= 11 is 7.22. The molecule has 43 heavy (non-hydrogen) atoms. The number of hydrazone groups is 1. The van der Waals surface area contributed by atoms with E-state index in [9.17, 15) is 19.2 Å². The number of halogens is 1. The fourth-order valence-corrected chi connectivity index (χ4v) is 6.39. The number of rotatable bonds is 7. The Hall–Kier alpha value is -4.54. The number of nitrogens with one attached hydrogen (secondary N) is 2. The first-order valence-electron chi connectivity index (χ1n) is 13.7. The van der Waals surface area contributed by atoms with Gasteiger partial charge in [-0.1, -0.05) is 48.9 Å². The molecule has 1 atom stereocenters. The predicted octanol–water partition coefficient (Wildman–Crippen LogP) is 6.16. The molecular weight excluding hydrogens is 590 g/mol. The van der Waals surface area contributed by atoms with Gasteiger partial charge in [-0.25, -0.2) is 15.0 Å². The molecular formula is C32H28ClN3O6S. The minimum absolute atomic E-state index is 0.188. The van der Waals surface area contributed by atoms with E-state index in [1.807, 2.05) is 24.3 Å². The van der Waals surface area contributed by atoms with Crippen LogP contribution in [0.1, 0.15) is 57.0 Å². The summed E-state index contributed by atoms with van der Waals surface area (Å²) in [5, 5.41) is 8.89.